The summed E-state index contributed by atoms with van der Waals surface area (Å²) in [4.78, 5) is 15.6. The van der Waals surface area contributed by atoms with Crippen molar-refractivity contribution in [3.05, 3.63) is 11.1 Å². The summed E-state index contributed by atoms with van der Waals surface area (Å²) < 4.78 is 4.65. The molecule has 2 unspecified atom stereocenters. The molecule has 4 nitrogen and oxygen atoms in total. The average molecular weight is 282 g/mol. The van der Waals surface area contributed by atoms with Crippen molar-refractivity contribution in [3.8, 4) is 0 Å². The maximum atomic E-state index is 11.2. The number of hydrogen-bond acceptors (Lipinski definition) is 5. The van der Waals surface area contributed by atoms with Crippen molar-refractivity contribution in [3.63, 3.8) is 0 Å². The Morgan fingerprint density at radius 1 is 1.58 bits per heavy atom. The Morgan fingerprint density at radius 2 is 2.42 bits per heavy atom. The van der Waals surface area contributed by atoms with Crippen molar-refractivity contribution in [1.82, 2.24) is 4.98 Å². The molecule has 1 saturated carbocycles. The Kier molecular flexibility index (Phi) is 5.19. The van der Waals surface area contributed by atoms with Crippen molar-refractivity contribution in [2.75, 3.05) is 12.4 Å². The second-order valence-corrected chi connectivity index (χ2v) is 6.04. The van der Waals surface area contributed by atoms with Crippen LogP contribution in [0.25, 0.3) is 0 Å². The fraction of sp³-hybridized carbons (Fsp3) is 0.714. The van der Waals surface area contributed by atoms with Crippen molar-refractivity contribution in [2.45, 2.75) is 51.5 Å². The molecule has 0 bridgehead atoms. The zero-order chi connectivity index (χ0) is 13.7. The predicted molar refractivity (Wildman–Crippen MR) is 77.5 cm³/mol. The van der Waals surface area contributed by atoms with Gasteiger partial charge in [-0.1, -0.05) is 26.2 Å². The lowest BCUT2D eigenvalue weighted by atomic mass is 9.84. The standard InChI is InChI=1S/C14H22N2O2S/c1-3-10-5-4-6-11(7-10)15-14-16-12(9-19-14)8-13(17)18-2/h9-11H,3-8H2,1-2H3,(H,15,16). The molecule has 1 aromatic rings. The van der Waals surface area contributed by atoms with Gasteiger partial charge >= 0.3 is 5.97 Å². The maximum Gasteiger partial charge on any atom is 0.311 e. The minimum atomic E-state index is -0.236. The molecule has 106 valence electrons. The van der Waals surface area contributed by atoms with Gasteiger partial charge in [-0.3, -0.25) is 4.79 Å². The molecule has 0 spiro atoms. The summed E-state index contributed by atoms with van der Waals surface area (Å²) in [6, 6.07) is 0.538. The molecule has 0 aliphatic heterocycles. The van der Waals surface area contributed by atoms with Gasteiger partial charge in [0.25, 0.3) is 0 Å². The molecule has 19 heavy (non-hydrogen) atoms. The van der Waals surface area contributed by atoms with E-state index in [4.69, 9.17) is 0 Å². The summed E-state index contributed by atoms with van der Waals surface area (Å²) in [7, 11) is 1.40. The third kappa shape index (κ3) is 4.20. The Hall–Kier alpha value is -1.10. The molecule has 2 rings (SSSR count). The quantitative estimate of drug-likeness (QED) is 0.842. The first kappa shape index (κ1) is 14.3. The topological polar surface area (TPSA) is 51.2 Å². The predicted octanol–water partition coefficient (Wildman–Crippen LogP) is 3.24. The van der Waals surface area contributed by atoms with E-state index >= 15 is 0 Å². The first-order valence-corrected chi connectivity index (χ1v) is 7.87. The van der Waals surface area contributed by atoms with Crippen molar-refractivity contribution in [1.29, 1.82) is 0 Å². The first-order valence-electron chi connectivity index (χ1n) is 6.99. The van der Waals surface area contributed by atoms with E-state index in [1.807, 2.05) is 5.38 Å². The van der Waals surface area contributed by atoms with Crippen LogP contribution in [0.1, 0.15) is 44.7 Å². The number of rotatable bonds is 5. The zero-order valence-corrected chi connectivity index (χ0v) is 12.5. The van der Waals surface area contributed by atoms with Crippen LogP contribution in [0.2, 0.25) is 0 Å². The zero-order valence-electron chi connectivity index (χ0n) is 11.6. The summed E-state index contributed by atoms with van der Waals surface area (Å²) >= 11 is 1.57. The number of nitrogens with zero attached hydrogens (tertiary/aromatic N) is 1. The van der Waals surface area contributed by atoms with Gasteiger partial charge in [-0.2, -0.15) is 0 Å². The van der Waals surface area contributed by atoms with Gasteiger partial charge < -0.3 is 10.1 Å². The van der Waals surface area contributed by atoms with Gasteiger partial charge in [0.05, 0.1) is 19.2 Å². The van der Waals surface area contributed by atoms with E-state index in [0.717, 1.165) is 16.7 Å². The maximum absolute atomic E-state index is 11.2. The van der Waals surface area contributed by atoms with Gasteiger partial charge in [-0.05, 0) is 18.8 Å². The van der Waals surface area contributed by atoms with E-state index in [1.54, 1.807) is 11.3 Å². The Balaban J connectivity index is 1.87. The second-order valence-electron chi connectivity index (χ2n) is 5.18. The monoisotopic (exact) mass is 282 g/mol. The number of nitrogens with one attached hydrogen (secondary N) is 1. The number of anilines is 1. The lowest BCUT2D eigenvalue weighted by Gasteiger charge is -2.28. The molecule has 1 fully saturated rings. The number of thiazole rings is 1. The van der Waals surface area contributed by atoms with E-state index in [2.05, 4.69) is 22.0 Å². The van der Waals surface area contributed by atoms with Crippen LogP contribution in [0.5, 0.6) is 0 Å². The Labute approximate surface area is 118 Å². The van der Waals surface area contributed by atoms with E-state index < -0.39 is 0 Å². The minimum Gasteiger partial charge on any atom is -0.469 e. The Morgan fingerprint density at radius 3 is 3.16 bits per heavy atom. The van der Waals surface area contributed by atoms with Crippen molar-refractivity contribution >= 4 is 22.4 Å². The van der Waals surface area contributed by atoms with Crippen LogP contribution in [0.15, 0.2) is 5.38 Å². The highest BCUT2D eigenvalue weighted by Gasteiger charge is 2.21. The van der Waals surface area contributed by atoms with E-state index in [0.29, 0.717) is 6.04 Å². The highest BCUT2D eigenvalue weighted by Crippen LogP contribution is 2.29. The molecular weight excluding hydrogens is 260 g/mol. The van der Waals surface area contributed by atoms with Gasteiger partial charge in [0.1, 0.15) is 0 Å². The molecule has 1 aromatic heterocycles. The smallest absolute Gasteiger partial charge is 0.311 e. The van der Waals surface area contributed by atoms with E-state index in [-0.39, 0.29) is 12.4 Å². The number of carbonyl (C=O) groups excluding carboxylic acids is 1. The number of hydrogen-bond donors (Lipinski definition) is 1. The van der Waals surface area contributed by atoms with Crippen LogP contribution in [-0.4, -0.2) is 24.1 Å². The average Bonchev–Trinajstić information content (AvgIpc) is 2.86. The summed E-state index contributed by atoms with van der Waals surface area (Å²) in [6.07, 6.45) is 6.65. The van der Waals surface area contributed by atoms with Gasteiger partial charge in [0.2, 0.25) is 0 Å². The molecule has 0 saturated heterocycles. The van der Waals surface area contributed by atoms with Crippen LogP contribution in [0.3, 0.4) is 0 Å². The number of carbonyl (C=O) groups is 1. The molecule has 1 aliphatic carbocycles. The summed E-state index contributed by atoms with van der Waals surface area (Å²) in [6.45, 7) is 2.27. The fourth-order valence-corrected chi connectivity index (χ4v) is 3.43. The minimum absolute atomic E-state index is 0.236. The molecular formula is C14H22N2O2S. The van der Waals surface area contributed by atoms with Crippen molar-refractivity contribution < 1.29 is 9.53 Å². The number of methoxy groups -OCH3 is 1. The summed E-state index contributed by atoms with van der Waals surface area (Å²) in [5.41, 5.74) is 0.794. The lowest BCUT2D eigenvalue weighted by molar-refractivity contribution is -0.139. The van der Waals surface area contributed by atoms with Gasteiger partial charge in [-0.25, -0.2) is 4.98 Å². The Bertz CT molecular complexity index is 419. The first-order chi connectivity index (χ1) is 9.21. The summed E-state index contributed by atoms with van der Waals surface area (Å²) in [5.74, 6) is 0.612. The highest BCUT2D eigenvalue weighted by molar-refractivity contribution is 7.13. The molecule has 0 aromatic carbocycles. The number of aromatic nitrogens is 1. The third-order valence-electron chi connectivity index (χ3n) is 3.79. The molecule has 1 heterocycles. The van der Waals surface area contributed by atoms with Gasteiger partial charge in [-0.15, -0.1) is 11.3 Å². The van der Waals surface area contributed by atoms with Crippen molar-refractivity contribution in [2.24, 2.45) is 5.92 Å². The third-order valence-corrected chi connectivity index (χ3v) is 4.61. The van der Waals surface area contributed by atoms with Crippen LogP contribution in [-0.2, 0) is 16.0 Å². The number of esters is 1. The van der Waals surface area contributed by atoms with Crippen LogP contribution >= 0.6 is 11.3 Å². The second kappa shape index (κ2) is 6.89. The van der Waals surface area contributed by atoms with E-state index in [1.165, 1.54) is 39.2 Å². The number of ether oxygens (including phenoxy) is 1. The van der Waals surface area contributed by atoms with Crippen LogP contribution in [0, 0.1) is 5.92 Å². The highest BCUT2D eigenvalue weighted by atomic mass is 32.1. The lowest BCUT2D eigenvalue weighted by Crippen LogP contribution is -2.27. The largest absolute Gasteiger partial charge is 0.469 e. The SMILES string of the molecule is CCC1CCCC(Nc2nc(CC(=O)OC)cs2)C1. The van der Waals surface area contributed by atoms with Gasteiger partial charge in [0.15, 0.2) is 5.13 Å². The van der Waals surface area contributed by atoms with Crippen LogP contribution < -0.4 is 5.32 Å². The molecule has 5 heteroatoms. The molecule has 0 radical (unpaired) electrons. The summed E-state index contributed by atoms with van der Waals surface area (Å²) in [5, 5.41) is 6.37. The fourth-order valence-electron chi connectivity index (χ4n) is 2.64. The molecule has 0 amide bonds. The molecule has 1 N–H and O–H groups in total. The molecule has 1 aliphatic rings. The molecule has 2 atom stereocenters. The van der Waals surface area contributed by atoms with E-state index in [9.17, 15) is 4.79 Å². The normalized spacial score (nSPS) is 23.1. The van der Waals surface area contributed by atoms with Gasteiger partial charge in [0, 0.05) is 11.4 Å². The van der Waals surface area contributed by atoms with Crippen LogP contribution in [0.4, 0.5) is 5.13 Å².